The number of hydrogen-bond donors (Lipinski definition) is 0. The molecule has 280 valence electrons. The molecule has 0 bridgehead atoms. The molecule has 0 saturated heterocycles. The average Bonchev–Trinajstić information content (AvgIpc) is 3.07. The van der Waals surface area contributed by atoms with Gasteiger partial charge < -0.3 is 18.9 Å². The molecule has 0 aromatic heterocycles. The third kappa shape index (κ3) is 12.0. The summed E-state index contributed by atoms with van der Waals surface area (Å²) in [7, 11) is 0. The van der Waals surface area contributed by atoms with E-state index < -0.39 is 0 Å². The summed E-state index contributed by atoms with van der Waals surface area (Å²) >= 11 is 0. The first-order valence-electron chi connectivity index (χ1n) is 19.6. The molecule has 2 fully saturated rings. The van der Waals surface area contributed by atoms with Crippen LogP contribution in [0.25, 0.3) is 11.1 Å². The van der Waals surface area contributed by atoms with Crippen LogP contribution < -0.4 is 9.47 Å². The molecule has 2 aromatic carbocycles. The van der Waals surface area contributed by atoms with E-state index in [1.54, 1.807) is 0 Å². The molecule has 0 amide bonds. The number of allylic oxidation sites excluding steroid dienone is 8. The first-order chi connectivity index (χ1) is 24.1. The summed E-state index contributed by atoms with van der Waals surface area (Å²) in [5, 5.41) is 0. The summed E-state index contributed by atoms with van der Waals surface area (Å²) in [6.07, 6.45) is 13.8. The molecule has 4 nitrogen and oxygen atoms in total. The first kappa shape index (κ1) is 40.7. The summed E-state index contributed by atoms with van der Waals surface area (Å²) < 4.78 is 25.3. The zero-order chi connectivity index (χ0) is 37.3. The Labute approximate surface area is 311 Å². The fourth-order valence-corrected chi connectivity index (χ4v) is 8.24. The fraction of sp³-hybridized carbons (Fsp3) is 0.574. The third-order valence-corrected chi connectivity index (χ3v) is 11.1. The predicted molar refractivity (Wildman–Crippen MR) is 216 cm³/mol. The SMILES string of the molecule is CC(C)=CC(=C(C)C)c1ccc(OC(C)OC2CCC(C(C)(C)C3CCC(OC(C)Oc4ccc(C(C=C(C)C)=C(C)C)cc4)CC3)CC2)cc1. The standard InChI is InChI=1S/C47H68O4/c1-31(2)29-45(33(5)6)37-13-21-41(22-14-37)48-35(9)50-43-25-17-39(18-26-43)47(11,12)40-19-27-44(28-20-40)51-36(10)49-42-23-15-38(16-24-42)46(34(7)8)30-32(3)4/h13-16,21-24,29-30,35-36,39-40,43-44H,17-20,25-28H2,1-12H3. The van der Waals surface area contributed by atoms with E-state index in [0.29, 0.717) is 5.41 Å². The van der Waals surface area contributed by atoms with Gasteiger partial charge in [-0.3, -0.25) is 0 Å². The second-order valence-corrected chi connectivity index (χ2v) is 16.7. The van der Waals surface area contributed by atoms with Crippen LogP contribution in [0.15, 0.2) is 83.0 Å². The molecule has 51 heavy (non-hydrogen) atoms. The highest BCUT2D eigenvalue weighted by atomic mass is 16.7. The lowest BCUT2D eigenvalue weighted by Crippen LogP contribution is -2.40. The van der Waals surface area contributed by atoms with Crippen molar-refractivity contribution in [1.29, 1.82) is 0 Å². The molecule has 2 saturated carbocycles. The number of hydrogen-bond acceptors (Lipinski definition) is 4. The maximum Gasteiger partial charge on any atom is 0.197 e. The first-order valence-corrected chi connectivity index (χ1v) is 19.6. The van der Waals surface area contributed by atoms with Gasteiger partial charge >= 0.3 is 0 Å². The van der Waals surface area contributed by atoms with Crippen LogP contribution in [0, 0.1) is 17.3 Å². The molecule has 0 radical (unpaired) electrons. The Bertz CT molecular complexity index is 1390. The molecule has 2 aromatic rings. The highest BCUT2D eigenvalue weighted by Crippen LogP contribution is 2.49. The van der Waals surface area contributed by atoms with Crippen molar-refractivity contribution in [2.75, 3.05) is 0 Å². The zero-order valence-electron chi connectivity index (χ0n) is 34.0. The average molecular weight is 697 g/mol. The Morgan fingerprint density at radius 2 is 0.843 bits per heavy atom. The molecule has 4 heteroatoms. The van der Waals surface area contributed by atoms with Gasteiger partial charge in [-0.2, -0.15) is 0 Å². The Morgan fingerprint density at radius 3 is 1.12 bits per heavy atom. The van der Waals surface area contributed by atoms with Crippen molar-refractivity contribution < 1.29 is 18.9 Å². The van der Waals surface area contributed by atoms with E-state index in [2.05, 4.69) is 130 Å². The molecule has 0 aliphatic heterocycles. The van der Waals surface area contributed by atoms with E-state index in [0.717, 1.165) is 49.0 Å². The van der Waals surface area contributed by atoms with E-state index in [1.807, 2.05) is 13.8 Å². The van der Waals surface area contributed by atoms with Crippen molar-refractivity contribution in [2.24, 2.45) is 17.3 Å². The van der Waals surface area contributed by atoms with Crippen molar-refractivity contribution >= 4 is 11.1 Å². The van der Waals surface area contributed by atoms with E-state index in [-0.39, 0.29) is 24.8 Å². The Hall–Kier alpha value is -3.08. The molecule has 4 rings (SSSR count). The molecule has 2 aliphatic rings. The lowest BCUT2D eigenvalue weighted by molar-refractivity contribution is -0.132. The summed E-state index contributed by atoms with van der Waals surface area (Å²) in [6.45, 7) is 26.3. The number of rotatable bonds is 14. The summed E-state index contributed by atoms with van der Waals surface area (Å²) in [4.78, 5) is 0. The van der Waals surface area contributed by atoms with Crippen LogP contribution in [0.1, 0.15) is 146 Å². The lowest BCUT2D eigenvalue weighted by atomic mass is 9.60. The van der Waals surface area contributed by atoms with Crippen LogP contribution in [-0.4, -0.2) is 24.8 Å². The predicted octanol–water partition coefficient (Wildman–Crippen LogP) is 13.5. The minimum Gasteiger partial charge on any atom is -0.465 e. The molecular formula is C47H68O4. The third-order valence-electron chi connectivity index (χ3n) is 11.1. The van der Waals surface area contributed by atoms with Crippen LogP contribution in [0.5, 0.6) is 11.5 Å². The van der Waals surface area contributed by atoms with Crippen molar-refractivity contribution in [3.63, 3.8) is 0 Å². The number of benzene rings is 2. The van der Waals surface area contributed by atoms with Gasteiger partial charge in [0, 0.05) is 0 Å². The van der Waals surface area contributed by atoms with E-state index in [1.165, 1.54) is 70.2 Å². The minimum absolute atomic E-state index is 0.259. The monoisotopic (exact) mass is 697 g/mol. The van der Waals surface area contributed by atoms with E-state index >= 15 is 0 Å². The summed E-state index contributed by atoms with van der Waals surface area (Å²) in [5.74, 6) is 3.16. The largest absolute Gasteiger partial charge is 0.465 e. The number of ether oxygens (including phenoxy) is 4. The molecule has 2 aliphatic carbocycles. The normalized spacial score (nSPS) is 21.9. The van der Waals surface area contributed by atoms with Crippen molar-refractivity contribution in [1.82, 2.24) is 0 Å². The fourth-order valence-electron chi connectivity index (χ4n) is 8.24. The minimum atomic E-state index is -0.269. The topological polar surface area (TPSA) is 36.9 Å². The Kier molecular flexibility index (Phi) is 14.8. The quantitative estimate of drug-likeness (QED) is 0.146. The highest BCUT2D eigenvalue weighted by Gasteiger charge is 2.41. The van der Waals surface area contributed by atoms with Gasteiger partial charge in [0.05, 0.1) is 12.2 Å². The highest BCUT2D eigenvalue weighted by molar-refractivity contribution is 5.77. The van der Waals surface area contributed by atoms with E-state index in [9.17, 15) is 0 Å². The maximum atomic E-state index is 6.43. The summed E-state index contributed by atoms with van der Waals surface area (Å²) in [5.41, 5.74) is 10.5. The Morgan fingerprint density at radius 1 is 0.529 bits per heavy atom. The molecule has 0 spiro atoms. The van der Waals surface area contributed by atoms with Crippen molar-refractivity contribution in [2.45, 2.75) is 159 Å². The van der Waals surface area contributed by atoms with Gasteiger partial charge in [-0.05, 0) is 184 Å². The molecule has 2 unspecified atom stereocenters. The molecular weight excluding hydrogens is 629 g/mol. The second-order valence-electron chi connectivity index (χ2n) is 16.7. The molecule has 2 atom stereocenters. The van der Waals surface area contributed by atoms with Gasteiger partial charge in [0.1, 0.15) is 11.5 Å². The van der Waals surface area contributed by atoms with Gasteiger partial charge in [-0.1, -0.05) is 72.6 Å². The molecule has 0 heterocycles. The van der Waals surface area contributed by atoms with Gasteiger partial charge in [-0.15, -0.1) is 0 Å². The van der Waals surface area contributed by atoms with Crippen LogP contribution >= 0.6 is 0 Å². The maximum absolute atomic E-state index is 6.43. The van der Waals surface area contributed by atoms with Gasteiger partial charge in [-0.25, -0.2) is 0 Å². The zero-order valence-corrected chi connectivity index (χ0v) is 34.0. The van der Waals surface area contributed by atoms with Crippen LogP contribution in [0.3, 0.4) is 0 Å². The van der Waals surface area contributed by atoms with Crippen LogP contribution in [0.2, 0.25) is 0 Å². The van der Waals surface area contributed by atoms with Crippen molar-refractivity contribution in [3.05, 3.63) is 94.1 Å². The Balaban J connectivity index is 1.19. The smallest absolute Gasteiger partial charge is 0.197 e. The summed E-state index contributed by atoms with van der Waals surface area (Å²) in [6, 6.07) is 16.9. The van der Waals surface area contributed by atoms with Gasteiger partial charge in [0.25, 0.3) is 0 Å². The van der Waals surface area contributed by atoms with Gasteiger partial charge in [0.15, 0.2) is 12.6 Å². The van der Waals surface area contributed by atoms with E-state index in [4.69, 9.17) is 18.9 Å². The second kappa shape index (κ2) is 18.6. The lowest BCUT2D eigenvalue weighted by Gasteiger charge is -2.47. The van der Waals surface area contributed by atoms with Crippen molar-refractivity contribution in [3.8, 4) is 11.5 Å². The molecule has 0 N–H and O–H groups in total. The van der Waals surface area contributed by atoms with Crippen LogP contribution in [0.4, 0.5) is 0 Å². The van der Waals surface area contributed by atoms with Crippen LogP contribution in [-0.2, 0) is 9.47 Å². The van der Waals surface area contributed by atoms with Gasteiger partial charge in [0.2, 0.25) is 0 Å².